The van der Waals surface area contributed by atoms with Crippen molar-refractivity contribution in [1.29, 1.82) is 0 Å². The highest BCUT2D eigenvalue weighted by Gasteiger charge is 2.08. The van der Waals surface area contributed by atoms with Crippen molar-refractivity contribution < 1.29 is 19.1 Å². The van der Waals surface area contributed by atoms with Crippen molar-refractivity contribution in [3.8, 4) is 5.75 Å². The number of ether oxygens (including phenoxy) is 1. The van der Waals surface area contributed by atoms with E-state index in [-0.39, 0.29) is 24.1 Å². The van der Waals surface area contributed by atoms with Gasteiger partial charge >= 0.3 is 0 Å². The number of hydrogen-bond acceptors (Lipinski definition) is 4. The van der Waals surface area contributed by atoms with Crippen molar-refractivity contribution in [2.45, 2.75) is 39.5 Å². The molecule has 1 amide bonds. The number of Topliss-reactive ketones (excluding diaryl/α,β-unsaturated/α-hetero) is 2. The molecule has 0 aliphatic heterocycles. The fourth-order valence-corrected chi connectivity index (χ4v) is 2.52. The third kappa shape index (κ3) is 6.70. The van der Waals surface area contributed by atoms with Gasteiger partial charge in [0.2, 0.25) is 5.91 Å². The highest BCUT2D eigenvalue weighted by atomic mass is 16.5. The third-order valence-electron chi connectivity index (χ3n) is 4.13. The Bertz CT molecular complexity index is 779. The van der Waals surface area contributed by atoms with Crippen molar-refractivity contribution >= 4 is 23.2 Å². The van der Waals surface area contributed by atoms with Gasteiger partial charge in [-0.15, -0.1) is 0 Å². The maximum atomic E-state index is 12.2. The Labute approximate surface area is 159 Å². The molecule has 0 unspecified atom stereocenters. The second kappa shape index (κ2) is 10.3. The lowest BCUT2D eigenvalue weighted by molar-refractivity contribution is -0.116. The molecule has 0 aromatic heterocycles. The number of nitrogens with one attached hydrogen (secondary N) is 1. The molecular weight excluding hydrogens is 342 g/mol. The summed E-state index contributed by atoms with van der Waals surface area (Å²) in [7, 11) is 0. The van der Waals surface area contributed by atoms with Crippen molar-refractivity contribution in [2.24, 2.45) is 0 Å². The number of benzene rings is 2. The third-order valence-corrected chi connectivity index (χ3v) is 4.13. The quantitative estimate of drug-likeness (QED) is 0.489. The second-order valence-corrected chi connectivity index (χ2v) is 6.38. The number of rotatable bonds is 10. The topological polar surface area (TPSA) is 72.5 Å². The number of unbranched alkanes of at least 4 members (excludes halogenated alkanes) is 2. The van der Waals surface area contributed by atoms with Gasteiger partial charge < -0.3 is 10.1 Å². The van der Waals surface area contributed by atoms with E-state index >= 15 is 0 Å². The van der Waals surface area contributed by atoms with Crippen LogP contribution in [0.25, 0.3) is 0 Å². The molecule has 0 aliphatic carbocycles. The molecule has 0 spiro atoms. The van der Waals surface area contributed by atoms with Crippen molar-refractivity contribution in [3.63, 3.8) is 0 Å². The molecule has 0 saturated heterocycles. The Kier molecular flexibility index (Phi) is 7.74. The normalized spacial score (nSPS) is 10.3. The van der Waals surface area contributed by atoms with Crippen LogP contribution in [0.4, 0.5) is 5.69 Å². The minimum absolute atomic E-state index is 0.0140. The van der Waals surface area contributed by atoms with Crippen LogP contribution in [-0.4, -0.2) is 24.1 Å². The standard InChI is InChI=1S/C22H25NO4/c1-3-4-5-6-22(26)23-19-11-7-18(8-12-19)21(25)15-27-20-13-9-17(10-14-20)16(2)24/h7-14H,3-6,15H2,1-2H3,(H,23,26). The van der Waals surface area contributed by atoms with Crippen LogP contribution < -0.4 is 10.1 Å². The van der Waals surface area contributed by atoms with Crippen LogP contribution in [0.15, 0.2) is 48.5 Å². The van der Waals surface area contributed by atoms with Crippen LogP contribution in [-0.2, 0) is 4.79 Å². The Morgan fingerprint density at radius 3 is 2.11 bits per heavy atom. The van der Waals surface area contributed by atoms with Crippen LogP contribution in [0.2, 0.25) is 0 Å². The van der Waals surface area contributed by atoms with Gasteiger partial charge in [-0.2, -0.15) is 0 Å². The summed E-state index contributed by atoms with van der Waals surface area (Å²) < 4.78 is 5.48. The molecule has 2 aromatic rings. The van der Waals surface area contributed by atoms with Crippen LogP contribution in [0, 0.1) is 0 Å². The van der Waals surface area contributed by atoms with E-state index in [2.05, 4.69) is 12.2 Å². The minimum atomic E-state index is -0.161. The van der Waals surface area contributed by atoms with Crippen molar-refractivity contribution in [1.82, 2.24) is 0 Å². The van der Waals surface area contributed by atoms with Crippen molar-refractivity contribution in [3.05, 3.63) is 59.7 Å². The zero-order chi connectivity index (χ0) is 19.6. The maximum absolute atomic E-state index is 12.2. The molecule has 27 heavy (non-hydrogen) atoms. The molecule has 5 heteroatoms. The van der Waals surface area contributed by atoms with Crippen LogP contribution in [0.5, 0.6) is 5.75 Å². The summed E-state index contributed by atoms with van der Waals surface area (Å²) in [5.41, 5.74) is 1.79. The Hall–Kier alpha value is -2.95. The molecule has 0 heterocycles. The number of carbonyl (C=O) groups excluding carboxylic acids is 3. The molecular formula is C22H25NO4. The van der Waals surface area contributed by atoms with E-state index in [4.69, 9.17) is 4.74 Å². The molecule has 0 radical (unpaired) electrons. The SMILES string of the molecule is CCCCCC(=O)Nc1ccc(C(=O)COc2ccc(C(C)=O)cc2)cc1. The van der Waals surface area contributed by atoms with Crippen LogP contribution in [0.1, 0.15) is 60.2 Å². The molecule has 0 saturated carbocycles. The average molecular weight is 367 g/mol. The second-order valence-electron chi connectivity index (χ2n) is 6.38. The minimum Gasteiger partial charge on any atom is -0.485 e. The van der Waals surface area contributed by atoms with Gasteiger partial charge in [-0.1, -0.05) is 19.8 Å². The largest absolute Gasteiger partial charge is 0.485 e. The first kappa shape index (κ1) is 20.4. The molecule has 0 aliphatic rings. The first-order valence-corrected chi connectivity index (χ1v) is 9.16. The van der Waals surface area contributed by atoms with Crippen LogP contribution in [0.3, 0.4) is 0 Å². The average Bonchev–Trinajstić information content (AvgIpc) is 2.67. The fraction of sp³-hybridized carbons (Fsp3) is 0.318. The van der Waals surface area contributed by atoms with Gasteiger partial charge in [0.15, 0.2) is 18.2 Å². The Balaban J connectivity index is 1.84. The summed E-state index contributed by atoms with van der Waals surface area (Å²) in [5.74, 6) is 0.339. The summed E-state index contributed by atoms with van der Waals surface area (Å²) in [4.78, 5) is 35.3. The number of hydrogen-bond donors (Lipinski definition) is 1. The smallest absolute Gasteiger partial charge is 0.224 e. The lowest BCUT2D eigenvalue weighted by Gasteiger charge is -2.08. The first-order valence-electron chi connectivity index (χ1n) is 9.16. The molecule has 1 N–H and O–H groups in total. The maximum Gasteiger partial charge on any atom is 0.224 e. The molecule has 0 fully saturated rings. The Morgan fingerprint density at radius 1 is 0.889 bits per heavy atom. The summed E-state index contributed by atoms with van der Waals surface area (Å²) in [6, 6.07) is 13.4. The number of ketones is 2. The predicted molar refractivity (Wildman–Crippen MR) is 105 cm³/mol. The molecule has 2 rings (SSSR count). The molecule has 0 bridgehead atoms. The van der Waals surface area contributed by atoms with E-state index in [1.54, 1.807) is 48.5 Å². The summed E-state index contributed by atoms with van der Waals surface area (Å²) in [5, 5.41) is 2.83. The number of anilines is 1. The summed E-state index contributed by atoms with van der Waals surface area (Å²) >= 11 is 0. The van der Waals surface area contributed by atoms with E-state index in [0.29, 0.717) is 29.0 Å². The first-order chi connectivity index (χ1) is 13.0. The highest BCUT2D eigenvalue weighted by Crippen LogP contribution is 2.15. The lowest BCUT2D eigenvalue weighted by Crippen LogP contribution is -2.13. The van der Waals surface area contributed by atoms with Gasteiger partial charge in [-0.05, 0) is 61.9 Å². The van der Waals surface area contributed by atoms with E-state index in [0.717, 1.165) is 19.3 Å². The summed E-state index contributed by atoms with van der Waals surface area (Å²) in [6.07, 6.45) is 3.50. The highest BCUT2D eigenvalue weighted by molar-refractivity contribution is 5.98. The zero-order valence-corrected chi connectivity index (χ0v) is 15.8. The van der Waals surface area contributed by atoms with E-state index in [1.807, 2.05) is 0 Å². The van der Waals surface area contributed by atoms with Gasteiger partial charge in [0.1, 0.15) is 5.75 Å². The molecule has 0 atom stereocenters. The van der Waals surface area contributed by atoms with E-state index in [1.165, 1.54) is 6.92 Å². The van der Waals surface area contributed by atoms with Gasteiger partial charge in [0, 0.05) is 23.2 Å². The summed E-state index contributed by atoms with van der Waals surface area (Å²) in [6.45, 7) is 3.50. The Morgan fingerprint density at radius 2 is 1.52 bits per heavy atom. The lowest BCUT2D eigenvalue weighted by atomic mass is 10.1. The monoisotopic (exact) mass is 367 g/mol. The van der Waals surface area contributed by atoms with Gasteiger partial charge in [0.25, 0.3) is 0 Å². The molecule has 5 nitrogen and oxygen atoms in total. The number of carbonyl (C=O) groups is 3. The van der Waals surface area contributed by atoms with E-state index < -0.39 is 0 Å². The van der Waals surface area contributed by atoms with Gasteiger partial charge in [-0.3, -0.25) is 14.4 Å². The molecule has 2 aromatic carbocycles. The van der Waals surface area contributed by atoms with Gasteiger partial charge in [-0.25, -0.2) is 0 Å². The zero-order valence-electron chi connectivity index (χ0n) is 15.8. The van der Waals surface area contributed by atoms with Crippen molar-refractivity contribution in [2.75, 3.05) is 11.9 Å². The fourth-order valence-electron chi connectivity index (χ4n) is 2.52. The predicted octanol–water partition coefficient (Wildman–Crippen LogP) is 4.67. The van der Waals surface area contributed by atoms with Gasteiger partial charge in [0.05, 0.1) is 0 Å². The molecule has 142 valence electrons. The van der Waals surface area contributed by atoms with E-state index in [9.17, 15) is 14.4 Å². The number of amides is 1. The van der Waals surface area contributed by atoms with Crippen LogP contribution >= 0.6 is 0 Å².